The third-order valence-corrected chi connectivity index (χ3v) is 2.32. The van der Waals surface area contributed by atoms with Gasteiger partial charge in [-0.1, -0.05) is 36.4 Å². The van der Waals surface area contributed by atoms with Gasteiger partial charge in [0.2, 0.25) is 11.8 Å². The Hall–Kier alpha value is -2.36. The van der Waals surface area contributed by atoms with Gasteiger partial charge in [0.1, 0.15) is 0 Å². The van der Waals surface area contributed by atoms with E-state index in [1.165, 1.54) is 6.08 Å². The Bertz CT molecular complexity index is 452. The summed E-state index contributed by atoms with van der Waals surface area (Å²) < 4.78 is 0. The Morgan fingerprint density at radius 3 is 2.58 bits per heavy atom. The van der Waals surface area contributed by atoms with E-state index in [4.69, 9.17) is 0 Å². The molecule has 0 spiro atoms. The SMILES string of the molecule is C=CCNC(=O)CCNC(=O)/C=C/c1ccccc1. The smallest absolute Gasteiger partial charge is 0.244 e. The van der Waals surface area contributed by atoms with Crippen molar-refractivity contribution in [1.29, 1.82) is 0 Å². The summed E-state index contributed by atoms with van der Waals surface area (Å²) in [5.74, 6) is -0.312. The second kappa shape index (κ2) is 8.69. The fraction of sp³-hybridized carbons (Fsp3) is 0.200. The molecule has 2 N–H and O–H groups in total. The first-order chi connectivity index (χ1) is 9.22. The summed E-state index contributed by atoms with van der Waals surface area (Å²) >= 11 is 0. The van der Waals surface area contributed by atoms with E-state index in [1.54, 1.807) is 12.2 Å². The van der Waals surface area contributed by atoms with Gasteiger partial charge in [-0.15, -0.1) is 6.58 Å². The molecule has 2 amide bonds. The number of hydrogen-bond acceptors (Lipinski definition) is 2. The average Bonchev–Trinajstić information content (AvgIpc) is 2.44. The normalized spacial score (nSPS) is 10.1. The van der Waals surface area contributed by atoms with Crippen LogP contribution < -0.4 is 10.6 Å². The van der Waals surface area contributed by atoms with E-state index in [-0.39, 0.29) is 18.2 Å². The summed E-state index contributed by atoms with van der Waals surface area (Å²) in [6.07, 6.45) is 5.06. The molecule has 1 rings (SSSR count). The van der Waals surface area contributed by atoms with Crippen molar-refractivity contribution >= 4 is 17.9 Å². The zero-order chi connectivity index (χ0) is 13.9. The van der Waals surface area contributed by atoms with Gasteiger partial charge in [0.05, 0.1) is 0 Å². The number of amides is 2. The molecule has 0 bridgehead atoms. The van der Waals surface area contributed by atoms with E-state index in [1.807, 2.05) is 30.3 Å². The van der Waals surface area contributed by atoms with Gasteiger partial charge in [0, 0.05) is 25.6 Å². The summed E-state index contributed by atoms with van der Waals surface area (Å²) in [5.41, 5.74) is 0.960. The molecule has 0 aliphatic heterocycles. The van der Waals surface area contributed by atoms with Crippen molar-refractivity contribution in [2.24, 2.45) is 0 Å². The number of carbonyl (C=O) groups excluding carboxylic acids is 2. The third kappa shape index (κ3) is 6.83. The summed E-state index contributed by atoms with van der Waals surface area (Å²) in [6.45, 7) is 4.27. The Balaban J connectivity index is 2.23. The fourth-order valence-electron chi connectivity index (χ4n) is 1.37. The molecule has 19 heavy (non-hydrogen) atoms. The molecule has 4 heteroatoms. The van der Waals surface area contributed by atoms with Crippen LogP contribution >= 0.6 is 0 Å². The minimum atomic E-state index is -0.208. The zero-order valence-corrected chi connectivity index (χ0v) is 10.8. The van der Waals surface area contributed by atoms with Crippen LogP contribution in [0, 0.1) is 0 Å². The highest BCUT2D eigenvalue weighted by molar-refractivity contribution is 5.91. The van der Waals surface area contributed by atoms with Crippen LogP contribution in [0.4, 0.5) is 0 Å². The molecular weight excluding hydrogens is 240 g/mol. The molecule has 4 nitrogen and oxygen atoms in total. The van der Waals surface area contributed by atoms with Gasteiger partial charge in [-0.05, 0) is 11.6 Å². The van der Waals surface area contributed by atoms with Crippen molar-refractivity contribution in [2.45, 2.75) is 6.42 Å². The predicted molar refractivity (Wildman–Crippen MR) is 76.3 cm³/mol. The van der Waals surface area contributed by atoms with Crippen LogP contribution in [0.15, 0.2) is 49.1 Å². The van der Waals surface area contributed by atoms with E-state index in [9.17, 15) is 9.59 Å². The molecule has 0 unspecified atom stereocenters. The summed E-state index contributed by atoms with van der Waals surface area (Å²) in [6, 6.07) is 9.54. The minimum Gasteiger partial charge on any atom is -0.353 e. The molecule has 0 aliphatic rings. The largest absolute Gasteiger partial charge is 0.353 e. The second-order valence-corrected chi connectivity index (χ2v) is 3.88. The lowest BCUT2D eigenvalue weighted by molar-refractivity contribution is -0.121. The Morgan fingerprint density at radius 1 is 1.16 bits per heavy atom. The Labute approximate surface area is 113 Å². The van der Waals surface area contributed by atoms with E-state index in [0.29, 0.717) is 13.1 Å². The molecule has 0 aromatic heterocycles. The van der Waals surface area contributed by atoms with Crippen LogP contribution in [0.2, 0.25) is 0 Å². The van der Waals surface area contributed by atoms with Gasteiger partial charge in [-0.25, -0.2) is 0 Å². The molecule has 0 fully saturated rings. The van der Waals surface area contributed by atoms with E-state index in [0.717, 1.165) is 5.56 Å². The van der Waals surface area contributed by atoms with Crippen LogP contribution in [0.1, 0.15) is 12.0 Å². The maximum atomic E-state index is 11.5. The zero-order valence-electron chi connectivity index (χ0n) is 10.8. The quantitative estimate of drug-likeness (QED) is 0.575. The predicted octanol–water partition coefficient (Wildman–Crippen LogP) is 1.51. The Morgan fingerprint density at radius 2 is 1.89 bits per heavy atom. The highest BCUT2D eigenvalue weighted by Crippen LogP contribution is 2.00. The minimum absolute atomic E-state index is 0.104. The van der Waals surface area contributed by atoms with Crippen molar-refractivity contribution in [3.63, 3.8) is 0 Å². The van der Waals surface area contributed by atoms with Crippen LogP contribution in [0.25, 0.3) is 6.08 Å². The van der Waals surface area contributed by atoms with Crippen molar-refractivity contribution < 1.29 is 9.59 Å². The van der Waals surface area contributed by atoms with Crippen molar-refractivity contribution in [3.8, 4) is 0 Å². The molecule has 1 aromatic rings. The first-order valence-electron chi connectivity index (χ1n) is 6.11. The number of hydrogen-bond donors (Lipinski definition) is 2. The standard InChI is InChI=1S/C15H18N2O2/c1-2-11-16-15(19)10-12-17-14(18)9-8-13-6-4-3-5-7-13/h2-9H,1,10-12H2,(H,16,19)(H,17,18)/b9-8+. The molecule has 1 aromatic carbocycles. The number of carbonyl (C=O) groups is 2. The molecule has 0 heterocycles. The molecular formula is C15H18N2O2. The first-order valence-corrected chi connectivity index (χ1v) is 6.11. The lowest BCUT2D eigenvalue weighted by Crippen LogP contribution is -2.29. The van der Waals surface area contributed by atoms with Crippen LogP contribution in [-0.2, 0) is 9.59 Å². The molecule has 0 saturated heterocycles. The first kappa shape index (κ1) is 14.7. The van der Waals surface area contributed by atoms with Gasteiger partial charge in [0.15, 0.2) is 0 Å². The second-order valence-electron chi connectivity index (χ2n) is 3.88. The topological polar surface area (TPSA) is 58.2 Å². The maximum absolute atomic E-state index is 11.5. The van der Waals surface area contributed by atoms with Gasteiger partial charge in [-0.2, -0.15) is 0 Å². The molecule has 0 atom stereocenters. The van der Waals surface area contributed by atoms with Crippen molar-refractivity contribution in [3.05, 3.63) is 54.6 Å². The van der Waals surface area contributed by atoms with Crippen molar-refractivity contribution in [1.82, 2.24) is 10.6 Å². The number of benzene rings is 1. The van der Waals surface area contributed by atoms with Gasteiger partial charge in [-0.3, -0.25) is 9.59 Å². The number of nitrogens with one attached hydrogen (secondary N) is 2. The van der Waals surface area contributed by atoms with E-state index >= 15 is 0 Å². The van der Waals surface area contributed by atoms with Crippen LogP contribution in [0.5, 0.6) is 0 Å². The summed E-state index contributed by atoms with van der Waals surface area (Å²) in [4.78, 5) is 22.7. The highest BCUT2D eigenvalue weighted by atomic mass is 16.2. The lowest BCUT2D eigenvalue weighted by atomic mass is 10.2. The summed E-state index contributed by atoms with van der Waals surface area (Å²) in [7, 11) is 0. The van der Waals surface area contributed by atoms with Crippen LogP contribution in [0.3, 0.4) is 0 Å². The van der Waals surface area contributed by atoms with Gasteiger partial charge in [0.25, 0.3) is 0 Å². The molecule has 0 saturated carbocycles. The maximum Gasteiger partial charge on any atom is 0.244 e. The fourth-order valence-corrected chi connectivity index (χ4v) is 1.37. The molecule has 0 aliphatic carbocycles. The lowest BCUT2D eigenvalue weighted by Gasteiger charge is -2.03. The molecule has 100 valence electrons. The van der Waals surface area contributed by atoms with Gasteiger partial charge < -0.3 is 10.6 Å². The third-order valence-electron chi connectivity index (χ3n) is 2.32. The van der Waals surface area contributed by atoms with E-state index in [2.05, 4.69) is 17.2 Å². The summed E-state index contributed by atoms with van der Waals surface area (Å²) in [5, 5.41) is 5.29. The Kier molecular flexibility index (Phi) is 6.72. The van der Waals surface area contributed by atoms with Gasteiger partial charge >= 0.3 is 0 Å². The average molecular weight is 258 g/mol. The number of rotatable bonds is 7. The van der Waals surface area contributed by atoms with Crippen LogP contribution in [-0.4, -0.2) is 24.9 Å². The molecule has 0 radical (unpaired) electrons. The van der Waals surface area contributed by atoms with E-state index < -0.39 is 0 Å². The monoisotopic (exact) mass is 258 g/mol. The van der Waals surface area contributed by atoms with Crippen molar-refractivity contribution in [2.75, 3.05) is 13.1 Å². The highest BCUT2D eigenvalue weighted by Gasteiger charge is 2.00.